The van der Waals surface area contributed by atoms with Gasteiger partial charge in [0.15, 0.2) is 6.61 Å². The monoisotopic (exact) mass is 337 g/mol. The molecule has 0 atom stereocenters. The van der Waals surface area contributed by atoms with Crippen molar-refractivity contribution in [1.82, 2.24) is 0 Å². The number of esters is 1. The van der Waals surface area contributed by atoms with E-state index in [-0.39, 0.29) is 12.1 Å². The molecule has 0 saturated heterocycles. The Morgan fingerprint density at radius 1 is 0.958 bits per heavy atom. The summed E-state index contributed by atoms with van der Waals surface area (Å²) in [5, 5.41) is 2.10. The molecule has 0 aliphatic heterocycles. The van der Waals surface area contributed by atoms with Crippen LogP contribution in [0, 0.1) is 0 Å². The van der Waals surface area contributed by atoms with Gasteiger partial charge in [-0.15, -0.1) is 0 Å². The molecule has 0 aliphatic carbocycles. The molecule has 0 aliphatic rings. The highest BCUT2D eigenvalue weighted by Gasteiger charge is 2.33. The van der Waals surface area contributed by atoms with Crippen LogP contribution < -0.4 is 5.32 Å². The molecule has 4 nitrogen and oxygen atoms in total. The summed E-state index contributed by atoms with van der Waals surface area (Å²) in [4.78, 5) is 23.3. The molecule has 126 valence electrons. The van der Waals surface area contributed by atoms with Crippen molar-refractivity contribution in [3.8, 4) is 0 Å². The highest BCUT2D eigenvalue weighted by molar-refractivity contribution is 5.93. The summed E-state index contributed by atoms with van der Waals surface area (Å²) in [5.74, 6) is -1.48. The van der Waals surface area contributed by atoms with Crippen molar-refractivity contribution in [2.45, 2.75) is 12.6 Å². The highest BCUT2D eigenvalue weighted by atomic mass is 19.4. The zero-order chi connectivity index (χ0) is 17.6. The van der Waals surface area contributed by atoms with Crippen LogP contribution in [0.15, 0.2) is 54.6 Å². The van der Waals surface area contributed by atoms with Crippen LogP contribution in [0.5, 0.6) is 0 Å². The minimum absolute atomic E-state index is 0.0206. The number of hydrogen-bond acceptors (Lipinski definition) is 3. The largest absolute Gasteiger partial charge is 0.455 e. The van der Waals surface area contributed by atoms with E-state index in [4.69, 9.17) is 4.74 Å². The molecule has 0 spiro atoms. The van der Waals surface area contributed by atoms with E-state index >= 15 is 0 Å². The molecule has 7 heteroatoms. The summed E-state index contributed by atoms with van der Waals surface area (Å²) in [5.41, 5.74) is -0.631. The van der Waals surface area contributed by atoms with Crippen LogP contribution in [0.3, 0.4) is 0 Å². The molecule has 1 N–H and O–H groups in total. The van der Waals surface area contributed by atoms with Gasteiger partial charge in [-0.3, -0.25) is 9.59 Å². The van der Waals surface area contributed by atoms with Gasteiger partial charge in [0.1, 0.15) is 0 Å². The predicted octanol–water partition coefficient (Wildman–Crippen LogP) is 3.43. The number of rotatable bonds is 5. The first-order valence-electron chi connectivity index (χ1n) is 7.02. The average molecular weight is 337 g/mol. The Kier molecular flexibility index (Phi) is 5.57. The average Bonchev–Trinajstić information content (AvgIpc) is 2.53. The third kappa shape index (κ3) is 5.12. The number of hydrogen-bond donors (Lipinski definition) is 1. The Morgan fingerprint density at radius 2 is 1.58 bits per heavy atom. The molecule has 0 heterocycles. The molecule has 2 rings (SSSR count). The number of amides is 1. The summed E-state index contributed by atoms with van der Waals surface area (Å²) < 4.78 is 43.2. The van der Waals surface area contributed by atoms with Crippen LogP contribution in [0.2, 0.25) is 0 Å². The number of anilines is 1. The van der Waals surface area contributed by atoms with Crippen molar-refractivity contribution in [2.24, 2.45) is 0 Å². The molecule has 0 bridgehead atoms. The maximum atomic E-state index is 12.8. The van der Waals surface area contributed by atoms with Crippen molar-refractivity contribution in [3.63, 3.8) is 0 Å². The number of nitrogens with one attached hydrogen (secondary N) is 1. The van der Waals surface area contributed by atoms with Gasteiger partial charge in [-0.25, -0.2) is 0 Å². The minimum atomic E-state index is -4.59. The lowest BCUT2D eigenvalue weighted by molar-refractivity contribution is -0.146. The van der Waals surface area contributed by atoms with Crippen LogP contribution in [0.1, 0.15) is 11.1 Å². The number of ether oxygens (including phenoxy) is 1. The van der Waals surface area contributed by atoms with Crippen LogP contribution in [0.4, 0.5) is 18.9 Å². The lowest BCUT2D eigenvalue weighted by Crippen LogP contribution is -2.23. The van der Waals surface area contributed by atoms with Gasteiger partial charge in [-0.05, 0) is 17.7 Å². The fraction of sp³-hybridized carbons (Fsp3) is 0.176. The van der Waals surface area contributed by atoms with Crippen molar-refractivity contribution < 1.29 is 27.5 Å². The molecular weight excluding hydrogens is 323 g/mol. The molecule has 24 heavy (non-hydrogen) atoms. The smallest absolute Gasteiger partial charge is 0.418 e. The third-order valence-corrected chi connectivity index (χ3v) is 3.06. The Hall–Kier alpha value is -2.83. The van der Waals surface area contributed by atoms with Gasteiger partial charge < -0.3 is 10.1 Å². The number of alkyl halides is 3. The van der Waals surface area contributed by atoms with Crippen LogP contribution >= 0.6 is 0 Å². The van der Waals surface area contributed by atoms with E-state index in [1.165, 1.54) is 12.1 Å². The van der Waals surface area contributed by atoms with E-state index in [9.17, 15) is 22.8 Å². The van der Waals surface area contributed by atoms with Gasteiger partial charge in [0.25, 0.3) is 5.91 Å². The number of carbonyl (C=O) groups excluding carboxylic acids is 2. The SMILES string of the molecule is O=C(COC(=O)Cc1ccccc1)Nc1ccccc1C(F)(F)F. The molecule has 0 fully saturated rings. The van der Waals surface area contributed by atoms with Gasteiger partial charge in [0.05, 0.1) is 17.7 Å². The van der Waals surface area contributed by atoms with E-state index in [1.807, 2.05) is 0 Å². The Balaban J connectivity index is 1.89. The van der Waals surface area contributed by atoms with Crippen LogP contribution in [0.25, 0.3) is 0 Å². The fourth-order valence-electron chi connectivity index (χ4n) is 1.99. The quantitative estimate of drug-likeness (QED) is 0.851. The van der Waals surface area contributed by atoms with E-state index < -0.39 is 30.2 Å². The lowest BCUT2D eigenvalue weighted by atomic mass is 10.1. The molecule has 0 unspecified atom stereocenters. The van der Waals surface area contributed by atoms with E-state index in [1.54, 1.807) is 30.3 Å². The zero-order valence-corrected chi connectivity index (χ0v) is 12.5. The second-order valence-electron chi connectivity index (χ2n) is 4.91. The second-order valence-corrected chi connectivity index (χ2v) is 4.91. The first kappa shape index (κ1) is 17.5. The summed E-state index contributed by atoms with van der Waals surface area (Å²) in [6.07, 6.45) is -4.61. The van der Waals surface area contributed by atoms with E-state index in [2.05, 4.69) is 5.32 Å². The Bertz CT molecular complexity index is 715. The van der Waals surface area contributed by atoms with Crippen LogP contribution in [-0.2, 0) is 26.9 Å². The number of halogens is 3. The fourth-order valence-corrected chi connectivity index (χ4v) is 1.99. The third-order valence-electron chi connectivity index (χ3n) is 3.06. The molecule has 0 aromatic heterocycles. The minimum Gasteiger partial charge on any atom is -0.455 e. The van der Waals surface area contributed by atoms with Crippen molar-refractivity contribution in [3.05, 3.63) is 65.7 Å². The van der Waals surface area contributed by atoms with Crippen molar-refractivity contribution in [2.75, 3.05) is 11.9 Å². The predicted molar refractivity (Wildman–Crippen MR) is 81.2 cm³/mol. The van der Waals surface area contributed by atoms with Crippen LogP contribution in [-0.4, -0.2) is 18.5 Å². The van der Waals surface area contributed by atoms with E-state index in [0.29, 0.717) is 5.56 Å². The van der Waals surface area contributed by atoms with Gasteiger partial charge in [-0.1, -0.05) is 42.5 Å². The van der Waals surface area contributed by atoms with Gasteiger partial charge in [0.2, 0.25) is 0 Å². The number of para-hydroxylation sites is 1. The topological polar surface area (TPSA) is 55.4 Å². The molecular formula is C17H14F3NO3. The summed E-state index contributed by atoms with van der Waals surface area (Å²) >= 11 is 0. The molecule has 1 amide bonds. The zero-order valence-electron chi connectivity index (χ0n) is 12.5. The van der Waals surface area contributed by atoms with Gasteiger partial charge >= 0.3 is 12.1 Å². The van der Waals surface area contributed by atoms with Gasteiger partial charge in [-0.2, -0.15) is 13.2 Å². The van der Waals surface area contributed by atoms with E-state index in [0.717, 1.165) is 12.1 Å². The summed E-state index contributed by atoms with van der Waals surface area (Å²) in [6.45, 7) is -0.655. The lowest BCUT2D eigenvalue weighted by Gasteiger charge is -2.13. The Labute approximate surface area is 136 Å². The van der Waals surface area contributed by atoms with Crippen molar-refractivity contribution in [1.29, 1.82) is 0 Å². The first-order chi connectivity index (χ1) is 11.4. The van der Waals surface area contributed by atoms with Crippen molar-refractivity contribution >= 4 is 17.6 Å². The highest BCUT2D eigenvalue weighted by Crippen LogP contribution is 2.34. The molecule has 0 saturated carbocycles. The molecule has 2 aromatic rings. The second kappa shape index (κ2) is 7.63. The first-order valence-corrected chi connectivity index (χ1v) is 7.02. The maximum absolute atomic E-state index is 12.8. The van der Waals surface area contributed by atoms with Gasteiger partial charge in [0, 0.05) is 0 Å². The number of benzene rings is 2. The normalized spacial score (nSPS) is 11.0. The summed E-state index contributed by atoms with van der Waals surface area (Å²) in [6, 6.07) is 13.3. The summed E-state index contributed by atoms with van der Waals surface area (Å²) in [7, 11) is 0. The molecule has 0 radical (unpaired) electrons. The standard InChI is InChI=1S/C17H14F3NO3/c18-17(19,20)13-8-4-5-9-14(13)21-15(22)11-24-16(23)10-12-6-2-1-3-7-12/h1-9H,10-11H2,(H,21,22). The maximum Gasteiger partial charge on any atom is 0.418 e. The molecule has 2 aromatic carbocycles. The Morgan fingerprint density at radius 3 is 2.25 bits per heavy atom. The number of carbonyl (C=O) groups is 2.